The Kier molecular flexibility index (Phi) is 5.37. The molecule has 0 saturated carbocycles. The molecule has 0 aliphatic carbocycles. The molecule has 2 aromatic carbocycles. The molecular formula is C18H19I2NO2. The van der Waals surface area contributed by atoms with Crippen LogP contribution in [0.25, 0.3) is 0 Å². The van der Waals surface area contributed by atoms with Crippen molar-refractivity contribution in [3.05, 3.63) is 53.7 Å². The fraction of sp³-hybridized carbons (Fsp3) is 0.333. The molecule has 0 spiro atoms. The third kappa shape index (κ3) is 3.61. The zero-order valence-electron chi connectivity index (χ0n) is 12.9. The lowest BCUT2D eigenvalue weighted by atomic mass is 9.89. The molecule has 5 heteroatoms. The third-order valence-corrected chi connectivity index (χ3v) is 6.32. The van der Waals surface area contributed by atoms with Crippen LogP contribution in [0.15, 0.2) is 24.3 Å². The molecule has 0 saturated heterocycles. The standard InChI is InChI=1S/C18H19I2NO2/c1-2-12-14(19)5-10(6-15(12)20)7-16-13-9-18(23)17(22)8-11(13)3-4-21-16/h5-6,8-9,16,21-23H,2-4,7H2,1H3. The van der Waals surface area contributed by atoms with Gasteiger partial charge in [0.2, 0.25) is 0 Å². The molecule has 3 N–H and O–H groups in total. The number of hydrogen-bond acceptors (Lipinski definition) is 3. The first-order valence-corrected chi connectivity index (χ1v) is 9.90. The van der Waals surface area contributed by atoms with Gasteiger partial charge in [-0.1, -0.05) is 6.92 Å². The van der Waals surface area contributed by atoms with Gasteiger partial charge in [0.05, 0.1) is 0 Å². The lowest BCUT2D eigenvalue weighted by molar-refractivity contribution is 0.398. The smallest absolute Gasteiger partial charge is 0.157 e. The minimum absolute atomic E-state index is 0.0270. The van der Waals surface area contributed by atoms with Crippen LogP contribution in [-0.2, 0) is 19.3 Å². The highest BCUT2D eigenvalue weighted by Gasteiger charge is 2.22. The zero-order chi connectivity index (χ0) is 16.6. The fourth-order valence-electron chi connectivity index (χ4n) is 3.20. The second kappa shape index (κ2) is 7.14. The van der Waals surface area contributed by atoms with E-state index in [1.807, 2.05) is 0 Å². The van der Waals surface area contributed by atoms with Crippen molar-refractivity contribution in [1.82, 2.24) is 5.32 Å². The summed E-state index contributed by atoms with van der Waals surface area (Å²) < 4.78 is 2.63. The van der Waals surface area contributed by atoms with Crippen molar-refractivity contribution in [2.24, 2.45) is 0 Å². The maximum atomic E-state index is 9.84. The van der Waals surface area contributed by atoms with E-state index in [-0.39, 0.29) is 17.5 Å². The molecule has 0 bridgehead atoms. The average Bonchev–Trinajstić information content (AvgIpc) is 2.49. The summed E-state index contributed by atoms with van der Waals surface area (Å²) in [5.41, 5.74) is 4.93. The monoisotopic (exact) mass is 535 g/mol. The molecule has 1 aliphatic heterocycles. The Balaban J connectivity index is 1.92. The third-order valence-electron chi connectivity index (χ3n) is 4.39. The molecule has 1 atom stereocenters. The molecule has 1 aliphatic rings. The number of fused-ring (bicyclic) bond motifs is 1. The summed E-state index contributed by atoms with van der Waals surface area (Å²) in [6.07, 6.45) is 2.81. The van der Waals surface area contributed by atoms with Gasteiger partial charge in [-0.3, -0.25) is 0 Å². The van der Waals surface area contributed by atoms with E-state index in [0.29, 0.717) is 0 Å². The van der Waals surface area contributed by atoms with E-state index in [0.717, 1.165) is 36.9 Å². The van der Waals surface area contributed by atoms with Crippen LogP contribution in [0.1, 0.15) is 35.2 Å². The van der Waals surface area contributed by atoms with Gasteiger partial charge in [-0.15, -0.1) is 0 Å². The van der Waals surface area contributed by atoms with E-state index >= 15 is 0 Å². The largest absolute Gasteiger partial charge is 0.504 e. The molecule has 0 amide bonds. The van der Waals surface area contributed by atoms with Crippen LogP contribution in [-0.4, -0.2) is 16.8 Å². The number of hydrogen-bond donors (Lipinski definition) is 3. The average molecular weight is 535 g/mol. The van der Waals surface area contributed by atoms with Gasteiger partial charge < -0.3 is 15.5 Å². The Hall–Kier alpha value is -0.540. The first-order chi connectivity index (χ1) is 11.0. The van der Waals surface area contributed by atoms with E-state index in [9.17, 15) is 10.2 Å². The predicted molar refractivity (Wildman–Crippen MR) is 109 cm³/mol. The van der Waals surface area contributed by atoms with Gasteiger partial charge in [-0.05, 0) is 118 Å². The Labute approximate surface area is 163 Å². The van der Waals surface area contributed by atoms with E-state index in [2.05, 4.69) is 69.6 Å². The fourth-order valence-corrected chi connectivity index (χ4v) is 5.86. The zero-order valence-corrected chi connectivity index (χ0v) is 17.2. The second-order valence-electron chi connectivity index (χ2n) is 5.89. The summed E-state index contributed by atoms with van der Waals surface area (Å²) in [5, 5.41) is 23.1. The summed E-state index contributed by atoms with van der Waals surface area (Å²) in [7, 11) is 0. The summed E-state index contributed by atoms with van der Waals surface area (Å²) in [5.74, 6) is -0.0660. The number of aromatic hydroxyl groups is 2. The molecule has 0 radical (unpaired) electrons. The molecule has 3 nitrogen and oxygen atoms in total. The molecule has 1 unspecified atom stereocenters. The number of halogens is 2. The van der Waals surface area contributed by atoms with Crippen LogP contribution in [0.3, 0.4) is 0 Å². The predicted octanol–water partition coefficient (Wildman–Crippen LogP) is 4.30. The van der Waals surface area contributed by atoms with E-state index < -0.39 is 0 Å². The molecule has 3 rings (SSSR count). The Morgan fingerprint density at radius 3 is 2.39 bits per heavy atom. The number of nitrogens with one attached hydrogen (secondary N) is 1. The van der Waals surface area contributed by atoms with Crippen LogP contribution < -0.4 is 5.32 Å². The SMILES string of the molecule is CCc1c(I)cc(CC2NCCc3cc(O)c(O)cc32)cc1I. The summed E-state index contributed by atoms with van der Waals surface area (Å²) >= 11 is 4.83. The van der Waals surface area contributed by atoms with Gasteiger partial charge in [0.25, 0.3) is 0 Å². The van der Waals surface area contributed by atoms with Crippen molar-refractivity contribution in [2.75, 3.05) is 6.54 Å². The van der Waals surface area contributed by atoms with E-state index in [4.69, 9.17) is 0 Å². The molecule has 122 valence electrons. The van der Waals surface area contributed by atoms with Gasteiger partial charge >= 0.3 is 0 Å². The van der Waals surface area contributed by atoms with E-state index in [1.54, 1.807) is 12.1 Å². The number of rotatable bonds is 3. The van der Waals surface area contributed by atoms with Crippen molar-refractivity contribution in [1.29, 1.82) is 0 Å². The van der Waals surface area contributed by atoms with Crippen LogP contribution in [0.2, 0.25) is 0 Å². The summed E-state index contributed by atoms with van der Waals surface area (Å²) in [4.78, 5) is 0. The van der Waals surface area contributed by atoms with Gasteiger partial charge in [-0.25, -0.2) is 0 Å². The molecule has 2 aromatic rings. The van der Waals surface area contributed by atoms with E-state index in [1.165, 1.54) is 18.3 Å². The maximum Gasteiger partial charge on any atom is 0.157 e. The maximum absolute atomic E-state index is 9.84. The highest BCUT2D eigenvalue weighted by Crippen LogP contribution is 2.35. The quantitative estimate of drug-likeness (QED) is 0.406. The second-order valence-corrected chi connectivity index (χ2v) is 8.22. The minimum atomic E-state index is -0.0389. The van der Waals surface area contributed by atoms with Crippen LogP contribution >= 0.6 is 45.2 Å². The Bertz CT molecular complexity index is 723. The highest BCUT2D eigenvalue weighted by atomic mass is 127. The molecular weight excluding hydrogens is 516 g/mol. The number of phenolic OH excluding ortho intramolecular Hbond substituents is 2. The topological polar surface area (TPSA) is 52.5 Å². The van der Waals surface area contributed by atoms with Gasteiger partial charge in [0.15, 0.2) is 11.5 Å². The van der Waals surface area contributed by atoms with Gasteiger partial charge in [0, 0.05) is 13.2 Å². The first-order valence-electron chi connectivity index (χ1n) is 7.74. The number of benzene rings is 2. The summed E-state index contributed by atoms with van der Waals surface area (Å²) in [6, 6.07) is 8.10. The van der Waals surface area contributed by atoms with Gasteiger partial charge in [-0.2, -0.15) is 0 Å². The minimum Gasteiger partial charge on any atom is -0.504 e. The Morgan fingerprint density at radius 2 is 1.74 bits per heavy atom. The van der Waals surface area contributed by atoms with Crippen molar-refractivity contribution < 1.29 is 10.2 Å². The van der Waals surface area contributed by atoms with Crippen LogP contribution in [0.5, 0.6) is 11.5 Å². The van der Waals surface area contributed by atoms with Crippen molar-refractivity contribution in [2.45, 2.75) is 32.2 Å². The van der Waals surface area contributed by atoms with Crippen LogP contribution in [0, 0.1) is 7.14 Å². The summed E-state index contributed by atoms with van der Waals surface area (Å²) in [6.45, 7) is 3.08. The first kappa shape index (κ1) is 17.3. The van der Waals surface area contributed by atoms with Gasteiger partial charge in [0.1, 0.15) is 0 Å². The Morgan fingerprint density at radius 1 is 1.09 bits per heavy atom. The molecule has 0 fully saturated rings. The highest BCUT2D eigenvalue weighted by molar-refractivity contribution is 14.1. The van der Waals surface area contributed by atoms with Crippen molar-refractivity contribution >= 4 is 45.2 Å². The normalized spacial score (nSPS) is 17.1. The van der Waals surface area contributed by atoms with Crippen LogP contribution in [0.4, 0.5) is 0 Å². The van der Waals surface area contributed by atoms with Crippen molar-refractivity contribution in [3.63, 3.8) is 0 Å². The van der Waals surface area contributed by atoms with Crippen molar-refractivity contribution in [3.8, 4) is 11.5 Å². The molecule has 23 heavy (non-hydrogen) atoms. The molecule has 1 heterocycles. The lowest BCUT2D eigenvalue weighted by Gasteiger charge is -2.28. The lowest BCUT2D eigenvalue weighted by Crippen LogP contribution is -2.31. The molecule has 0 aromatic heterocycles. The number of phenols is 2.